The fourth-order valence-corrected chi connectivity index (χ4v) is 2.26. The van der Waals surface area contributed by atoms with Crippen molar-refractivity contribution < 1.29 is 4.74 Å². The summed E-state index contributed by atoms with van der Waals surface area (Å²) < 4.78 is 5.76. The average Bonchev–Trinajstić information content (AvgIpc) is 2.51. The number of rotatable bonds is 11. The maximum Gasteiger partial charge on any atom is 0.191 e. The van der Waals surface area contributed by atoms with E-state index in [4.69, 9.17) is 4.74 Å². The van der Waals surface area contributed by atoms with Crippen molar-refractivity contribution >= 4 is 29.9 Å². The summed E-state index contributed by atoms with van der Waals surface area (Å²) >= 11 is 0. The van der Waals surface area contributed by atoms with Gasteiger partial charge < -0.3 is 20.3 Å². The molecule has 0 aliphatic rings. The number of guanidine groups is 1. The predicted octanol–water partition coefficient (Wildman–Crippen LogP) is 2.95. The van der Waals surface area contributed by atoms with Gasteiger partial charge in [0.15, 0.2) is 5.96 Å². The summed E-state index contributed by atoms with van der Waals surface area (Å²) in [6, 6.07) is 0.620. The Kier molecular flexibility index (Phi) is 16.9. The second kappa shape index (κ2) is 15.4. The van der Waals surface area contributed by atoms with Gasteiger partial charge in [-0.3, -0.25) is 4.99 Å². The number of halogens is 1. The maximum atomic E-state index is 5.76. The zero-order valence-corrected chi connectivity index (χ0v) is 18.5. The summed E-state index contributed by atoms with van der Waals surface area (Å²) in [5, 5.41) is 6.74. The summed E-state index contributed by atoms with van der Waals surface area (Å²) in [6.07, 6.45) is 2.49. The van der Waals surface area contributed by atoms with Crippen molar-refractivity contribution in [3.63, 3.8) is 0 Å². The Bertz CT molecular complexity index is 300. The molecule has 2 N–H and O–H groups in total. The van der Waals surface area contributed by atoms with Crippen molar-refractivity contribution in [1.82, 2.24) is 15.5 Å². The first kappa shape index (κ1) is 25.2. The predicted molar refractivity (Wildman–Crippen MR) is 112 cm³/mol. The molecule has 2 atom stereocenters. The largest absolute Gasteiger partial charge is 0.378 e. The van der Waals surface area contributed by atoms with Crippen molar-refractivity contribution in [2.45, 2.75) is 59.6 Å². The Morgan fingerprint density at radius 1 is 1.13 bits per heavy atom. The lowest BCUT2D eigenvalue weighted by Crippen LogP contribution is -2.43. The first-order chi connectivity index (χ1) is 10.5. The molecule has 0 radical (unpaired) electrons. The molecule has 0 aromatic carbocycles. The quantitative estimate of drug-likeness (QED) is 0.294. The molecule has 23 heavy (non-hydrogen) atoms. The Labute approximate surface area is 161 Å². The molecular weight excluding hydrogens is 403 g/mol. The van der Waals surface area contributed by atoms with Gasteiger partial charge in [0.05, 0.1) is 6.10 Å². The molecule has 0 amide bonds. The second-order valence-electron chi connectivity index (χ2n) is 6.19. The van der Waals surface area contributed by atoms with Crippen LogP contribution in [0.5, 0.6) is 0 Å². The molecule has 5 nitrogen and oxygen atoms in total. The third-order valence-electron chi connectivity index (χ3n) is 4.17. The summed E-state index contributed by atoms with van der Waals surface area (Å²) in [7, 11) is 3.98. The number of nitrogens with one attached hydrogen (secondary N) is 2. The van der Waals surface area contributed by atoms with Gasteiger partial charge in [0, 0.05) is 39.3 Å². The van der Waals surface area contributed by atoms with Gasteiger partial charge >= 0.3 is 0 Å². The van der Waals surface area contributed by atoms with Crippen LogP contribution >= 0.6 is 24.0 Å². The van der Waals surface area contributed by atoms with Crippen LogP contribution in [0.1, 0.15) is 47.5 Å². The van der Waals surface area contributed by atoms with Crippen molar-refractivity contribution in [2.24, 2.45) is 10.9 Å². The summed E-state index contributed by atoms with van der Waals surface area (Å²) in [4.78, 5) is 6.64. The average molecular weight is 442 g/mol. The highest BCUT2D eigenvalue weighted by Gasteiger charge is 2.13. The molecule has 0 aliphatic carbocycles. The molecular formula is C17H39IN4O. The minimum Gasteiger partial charge on any atom is -0.378 e. The fraction of sp³-hybridized carbons (Fsp3) is 0.941. The van der Waals surface area contributed by atoms with Gasteiger partial charge in [0.25, 0.3) is 0 Å². The number of aliphatic imine (C=N–C) groups is 1. The molecule has 0 aliphatic heterocycles. The molecule has 0 bridgehead atoms. The van der Waals surface area contributed by atoms with E-state index in [2.05, 4.69) is 62.2 Å². The first-order valence-electron chi connectivity index (χ1n) is 8.72. The number of hydrogen-bond acceptors (Lipinski definition) is 3. The Balaban J connectivity index is 0. The van der Waals surface area contributed by atoms with Gasteiger partial charge in [-0.1, -0.05) is 20.8 Å². The molecule has 0 aromatic heterocycles. The normalized spacial score (nSPS) is 14.6. The number of hydrogen-bond donors (Lipinski definition) is 2. The summed E-state index contributed by atoms with van der Waals surface area (Å²) in [5.41, 5.74) is 0. The van der Waals surface area contributed by atoms with E-state index >= 15 is 0 Å². The van der Waals surface area contributed by atoms with Gasteiger partial charge in [0.1, 0.15) is 0 Å². The lowest BCUT2D eigenvalue weighted by molar-refractivity contribution is 0.0258. The molecule has 0 fully saturated rings. The Hall–Kier alpha value is -0.0800. The van der Waals surface area contributed by atoms with Crippen LogP contribution in [0.4, 0.5) is 0 Å². The van der Waals surface area contributed by atoms with Crippen LogP contribution in [0.3, 0.4) is 0 Å². The van der Waals surface area contributed by atoms with Gasteiger partial charge in [-0.2, -0.15) is 0 Å². The van der Waals surface area contributed by atoms with Crippen LogP contribution in [-0.2, 0) is 4.74 Å². The topological polar surface area (TPSA) is 48.9 Å². The molecule has 0 rings (SSSR count). The molecule has 140 valence electrons. The molecule has 2 unspecified atom stereocenters. The minimum absolute atomic E-state index is 0. The summed E-state index contributed by atoms with van der Waals surface area (Å²) in [6.45, 7) is 14.5. The Morgan fingerprint density at radius 2 is 1.74 bits per heavy atom. The van der Waals surface area contributed by atoms with Gasteiger partial charge in [0.2, 0.25) is 0 Å². The first-order valence-corrected chi connectivity index (χ1v) is 8.72. The summed E-state index contributed by atoms with van der Waals surface area (Å²) in [5.74, 6) is 1.41. The van der Waals surface area contributed by atoms with Crippen molar-refractivity contribution in [2.75, 3.05) is 40.3 Å². The molecule has 0 aromatic rings. The number of likely N-dealkylation sites (N-methyl/N-ethyl adjacent to an activating group) is 1. The monoisotopic (exact) mass is 442 g/mol. The highest BCUT2D eigenvalue weighted by molar-refractivity contribution is 14.0. The van der Waals surface area contributed by atoms with E-state index < -0.39 is 0 Å². The number of nitrogens with zero attached hydrogens (tertiary/aromatic N) is 2. The molecule has 6 heteroatoms. The van der Waals surface area contributed by atoms with Crippen molar-refractivity contribution in [3.8, 4) is 0 Å². The van der Waals surface area contributed by atoms with Crippen LogP contribution < -0.4 is 10.6 Å². The van der Waals surface area contributed by atoms with Crippen molar-refractivity contribution in [1.29, 1.82) is 0 Å². The molecule has 0 saturated heterocycles. The van der Waals surface area contributed by atoms with E-state index in [1.165, 1.54) is 6.42 Å². The minimum atomic E-state index is 0. The maximum absolute atomic E-state index is 5.76. The van der Waals surface area contributed by atoms with Crippen LogP contribution in [0.15, 0.2) is 4.99 Å². The molecule has 0 spiro atoms. The van der Waals surface area contributed by atoms with E-state index in [1.54, 1.807) is 0 Å². The van der Waals surface area contributed by atoms with E-state index in [0.29, 0.717) is 18.1 Å². The number of ether oxygens (including phenoxy) is 1. The van der Waals surface area contributed by atoms with Gasteiger partial charge in [-0.25, -0.2) is 0 Å². The molecule has 0 saturated carbocycles. The Morgan fingerprint density at radius 3 is 2.22 bits per heavy atom. The SMILES string of the molecule is CCOC(CCNC(=NC)NCCN(C)C(C)CC)C(C)C.I. The fourth-order valence-electron chi connectivity index (χ4n) is 2.26. The van der Waals surface area contributed by atoms with Gasteiger partial charge in [-0.05, 0) is 39.7 Å². The van der Waals surface area contributed by atoms with Crippen molar-refractivity contribution in [3.05, 3.63) is 0 Å². The van der Waals surface area contributed by atoms with E-state index in [9.17, 15) is 0 Å². The highest BCUT2D eigenvalue weighted by Crippen LogP contribution is 2.09. The van der Waals surface area contributed by atoms with Crippen LogP contribution in [0.2, 0.25) is 0 Å². The third-order valence-corrected chi connectivity index (χ3v) is 4.17. The van der Waals surface area contributed by atoms with Crippen LogP contribution in [0.25, 0.3) is 0 Å². The van der Waals surface area contributed by atoms with E-state index in [-0.39, 0.29) is 24.0 Å². The zero-order chi connectivity index (χ0) is 17.0. The standard InChI is InChI=1S/C17H38N4O.HI/c1-8-15(5)21(7)13-12-20-17(18-6)19-11-10-16(14(3)4)22-9-2;/h14-16H,8-13H2,1-7H3,(H2,18,19,20);1H. The van der Waals surface area contributed by atoms with E-state index in [1.807, 2.05) is 7.05 Å². The smallest absolute Gasteiger partial charge is 0.191 e. The zero-order valence-electron chi connectivity index (χ0n) is 16.2. The van der Waals surface area contributed by atoms with Gasteiger partial charge in [-0.15, -0.1) is 24.0 Å². The molecule has 0 heterocycles. The van der Waals surface area contributed by atoms with Crippen LogP contribution in [-0.4, -0.2) is 63.3 Å². The van der Waals surface area contributed by atoms with Crippen LogP contribution in [0, 0.1) is 5.92 Å². The second-order valence-corrected chi connectivity index (χ2v) is 6.19. The van der Waals surface area contributed by atoms with E-state index in [0.717, 1.165) is 38.6 Å². The third kappa shape index (κ3) is 12.0. The highest BCUT2D eigenvalue weighted by atomic mass is 127. The lowest BCUT2D eigenvalue weighted by atomic mass is 10.0. The lowest BCUT2D eigenvalue weighted by Gasteiger charge is -2.24.